The molecule has 1 heterocycles. The number of aliphatic hydroxyl groups excluding tert-OH is 1. The van der Waals surface area contributed by atoms with E-state index in [9.17, 15) is 5.11 Å². The van der Waals surface area contributed by atoms with Gasteiger partial charge in [0.05, 0.1) is 25.4 Å². The lowest BCUT2D eigenvalue weighted by atomic mass is 9.82. The van der Waals surface area contributed by atoms with Crippen molar-refractivity contribution in [1.82, 2.24) is 0 Å². The van der Waals surface area contributed by atoms with Gasteiger partial charge in [0, 0.05) is 12.3 Å². The zero-order valence-electron chi connectivity index (χ0n) is 12.2. The lowest BCUT2D eigenvalue weighted by Gasteiger charge is -2.25. The first-order valence-corrected chi connectivity index (χ1v) is 7.00. The summed E-state index contributed by atoms with van der Waals surface area (Å²) in [5.74, 6) is 1.40. The van der Waals surface area contributed by atoms with Crippen LogP contribution in [0.5, 0.6) is 5.75 Å². The normalized spacial score (nSPS) is 32.3. The van der Waals surface area contributed by atoms with Gasteiger partial charge in [0.2, 0.25) is 0 Å². The van der Waals surface area contributed by atoms with Crippen LogP contribution < -0.4 is 4.74 Å². The van der Waals surface area contributed by atoms with Crippen LogP contribution in [-0.2, 0) is 11.2 Å². The highest BCUT2D eigenvalue weighted by Gasteiger charge is 2.41. The number of ether oxygens (including phenoxy) is 2. The molecule has 0 aromatic heterocycles. The Balaban J connectivity index is 2.10. The molecule has 19 heavy (non-hydrogen) atoms. The third kappa shape index (κ3) is 2.93. The fraction of sp³-hybridized carbons (Fsp3) is 0.625. The fourth-order valence-electron chi connectivity index (χ4n) is 3.19. The van der Waals surface area contributed by atoms with Gasteiger partial charge in [-0.2, -0.15) is 0 Å². The van der Waals surface area contributed by atoms with E-state index in [-0.39, 0.29) is 18.1 Å². The van der Waals surface area contributed by atoms with Crippen LogP contribution >= 0.6 is 0 Å². The average molecular weight is 264 g/mol. The molecule has 0 spiro atoms. The summed E-state index contributed by atoms with van der Waals surface area (Å²) in [6, 6.07) is 7.87. The molecule has 2 rings (SSSR count). The van der Waals surface area contributed by atoms with Crippen molar-refractivity contribution in [2.45, 2.75) is 45.5 Å². The Morgan fingerprint density at radius 2 is 1.89 bits per heavy atom. The van der Waals surface area contributed by atoms with E-state index in [0.717, 1.165) is 11.3 Å². The minimum absolute atomic E-state index is 0.106. The Morgan fingerprint density at radius 1 is 1.21 bits per heavy atom. The zero-order chi connectivity index (χ0) is 14.0. The van der Waals surface area contributed by atoms with Gasteiger partial charge in [-0.1, -0.05) is 25.1 Å². The van der Waals surface area contributed by atoms with Crippen molar-refractivity contribution in [2.75, 3.05) is 7.11 Å². The highest BCUT2D eigenvalue weighted by molar-refractivity contribution is 5.33. The predicted octanol–water partition coefficient (Wildman–Crippen LogP) is 2.66. The van der Waals surface area contributed by atoms with Gasteiger partial charge in [-0.05, 0) is 31.4 Å². The van der Waals surface area contributed by atoms with Gasteiger partial charge in [0.25, 0.3) is 0 Å². The summed E-state index contributed by atoms with van der Waals surface area (Å²) in [6.45, 7) is 6.29. The SMILES string of the molecule is COc1ccccc1CC(O)C1C(C)OC(C)C1C. The highest BCUT2D eigenvalue weighted by atomic mass is 16.5. The molecule has 0 saturated carbocycles. The summed E-state index contributed by atoms with van der Waals surface area (Å²) in [5.41, 5.74) is 1.05. The Bertz CT molecular complexity index is 418. The van der Waals surface area contributed by atoms with Crippen molar-refractivity contribution in [3.8, 4) is 5.75 Å². The molecule has 0 bridgehead atoms. The Kier molecular flexibility index (Phi) is 4.48. The van der Waals surface area contributed by atoms with Crippen LogP contribution in [0.1, 0.15) is 26.3 Å². The van der Waals surface area contributed by atoms with Crippen molar-refractivity contribution >= 4 is 0 Å². The summed E-state index contributed by atoms with van der Waals surface area (Å²) in [6.07, 6.45) is 0.535. The second-order valence-electron chi connectivity index (χ2n) is 5.57. The van der Waals surface area contributed by atoms with Crippen molar-refractivity contribution in [1.29, 1.82) is 0 Å². The molecule has 1 fully saturated rings. The number of benzene rings is 1. The van der Waals surface area contributed by atoms with Gasteiger partial charge in [-0.15, -0.1) is 0 Å². The Labute approximate surface area is 115 Å². The molecule has 3 heteroatoms. The summed E-state index contributed by atoms with van der Waals surface area (Å²) >= 11 is 0. The number of aliphatic hydroxyl groups is 1. The molecular weight excluding hydrogens is 240 g/mol. The Morgan fingerprint density at radius 3 is 2.47 bits per heavy atom. The van der Waals surface area contributed by atoms with E-state index in [2.05, 4.69) is 20.8 Å². The highest BCUT2D eigenvalue weighted by Crippen LogP contribution is 2.36. The summed E-state index contributed by atoms with van der Waals surface area (Å²) < 4.78 is 11.2. The molecule has 0 aliphatic carbocycles. The van der Waals surface area contributed by atoms with E-state index in [1.165, 1.54) is 0 Å². The minimum atomic E-state index is -0.397. The molecule has 5 atom stereocenters. The van der Waals surface area contributed by atoms with E-state index in [0.29, 0.717) is 12.3 Å². The topological polar surface area (TPSA) is 38.7 Å². The van der Waals surface area contributed by atoms with Gasteiger partial charge in [-0.3, -0.25) is 0 Å². The number of methoxy groups -OCH3 is 1. The van der Waals surface area contributed by atoms with Gasteiger partial charge >= 0.3 is 0 Å². The van der Waals surface area contributed by atoms with Crippen LogP contribution in [0.2, 0.25) is 0 Å². The number of hydrogen-bond donors (Lipinski definition) is 1. The van der Waals surface area contributed by atoms with Gasteiger partial charge in [0.1, 0.15) is 5.75 Å². The van der Waals surface area contributed by atoms with E-state index in [1.807, 2.05) is 24.3 Å². The molecule has 1 aromatic rings. The van der Waals surface area contributed by atoms with Crippen LogP contribution in [0.3, 0.4) is 0 Å². The molecule has 0 amide bonds. The van der Waals surface area contributed by atoms with Crippen molar-refractivity contribution in [3.05, 3.63) is 29.8 Å². The van der Waals surface area contributed by atoms with E-state index in [4.69, 9.17) is 9.47 Å². The maximum atomic E-state index is 10.5. The van der Waals surface area contributed by atoms with Gasteiger partial charge in [-0.25, -0.2) is 0 Å². The maximum absolute atomic E-state index is 10.5. The summed E-state index contributed by atoms with van der Waals surface area (Å²) in [5, 5.41) is 10.5. The average Bonchev–Trinajstić information content (AvgIpc) is 2.64. The molecule has 1 aliphatic rings. The first kappa shape index (κ1) is 14.4. The second-order valence-corrected chi connectivity index (χ2v) is 5.57. The third-order valence-corrected chi connectivity index (χ3v) is 4.38. The van der Waals surface area contributed by atoms with E-state index >= 15 is 0 Å². The second kappa shape index (κ2) is 5.93. The molecule has 0 radical (unpaired) electrons. The van der Waals surface area contributed by atoms with E-state index < -0.39 is 6.10 Å². The monoisotopic (exact) mass is 264 g/mol. The molecule has 1 aliphatic heterocycles. The quantitative estimate of drug-likeness (QED) is 0.908. The minimum Gasteiger partial charge on any atom is -0.496 e. The van der Waals surface area contributed by atoms with Gasteiger partial charge < -0.3 is 14.6 Å². The molecule has 5 unspecified atom stereocenters. The third-order valence-electron chi connectivity index (χ3n) is 4.38. The summed E-state index contributed by atoms with van der Waals surface area (Å²) in [4.78, 5) is 0. The predicted molar refractivity (Wildman–Crippen MR) is 75.4 cm³/mol. The lowest BCUT2D eigenvalue weighted by Crippen LogP contribution is -2.32. The number of para-hydroxylation sites is 1. The van der Waals surface area contributed by atoms with Crippen LogP contribution in [0, 0.1) is 11.8 Å². The van der Waals surface area contributed by atoms with Gasteiger partial charge in [0.15, 0.2) is 0 Å². The van der Waals surface area contributed by atoms with Crippen LogP contribution in [0.25, 0.3) is 0 Å². The molecular formula is C16H24O3. The number of hydrogen-bond acceptors (Lipinski definition) is 3. The maximum Gasteiger partial charge on any atom is 0.122 e. The van der Waals surface area contributed by atoms with Crippen LogP contribution in [0.4, 0.5) is 0 Å². The smallest absolute Gasteiger partial charge is 0.122 e. The van der Waals surface area contributed by atoms with Crippen LogP contribution in [0.15, 0.2) is 24.3 Å². The number of rotatable bonds is 4. The molecule has 1 aromatic carbocycles. The molecule has 3 nitrogen and oxygen atoms in total. The first-order valence-electron chi connectivity index (χ1n) is 7.00. The largest absolute Gasteiger partial charge is 0.496 e. The standard InChI is InChI=1S/C16H24O3/c1-10-11(2)19-12(3)16(10)14(17)9-13-7-5-6-8-15(13)18-4/h5-8,10-12,14,16-17H,9H2,1-4H3. The van der Waals surface area contributed by atoms with Crippen molar-refractivity contribution in [3.63, 3.8) is 0 Å². The molecule has 106 valence electrons. The lowest BCUT2D eigenvalue weighted by molar-refractivity contribution is 0.0238. The van der Waals surface area contributed by atoms with E-state index in [1.54, 1.807) is 7.11 Å². The van der Waals surface area contributed by atoms with Crippen LogP contribution in [-0.4, -0.2) is 30.5 Å². The van der Waals surface area contributed by atoms with Crippen molar-refractivity contribution < 1.29 is 14.6 Å². The fourth-order valence-corrected chi connectivity index (χ4v) is 3.19. The van der Waals surface area contributed by atoms with Crippen molar-refractivity contribution in [2.24, 2.45) is 11.8 Å². The Hall–Kier alpha value is -1.06. The molecule has 1 N–H and O–H groups in total. The first-order chi connectivity index (χ1) is 9.04. The zero-order valence-corrected chi connectivity index (χ0v) is 12.2. The molecule has 1 saturated heterocycles. The summed E-state index contributed by atoms with van der Waals surface area (Å²) in [7, 11) is 1.66.